The van der Waals surface area contributed by atoms with E-state index in [2.05, 4.69) is 12.2 Å². The molecule has 1 N–H and O–H groups in total. The molecule has 0 bridgehead atoms. The SMILES string of the molecule is CC1CCCN(c2ccc(C(=O)Nc3cccc(Cl)c3)cc2[N+](=O)[O-])C1. The van der Waals surface area contributed by atoms with Gasteiger partial charge < -0.3 is 10.2 Å². The number of anilines is 2. The lowest BCUT2D eigenvalue weighted by atomic mass is 9.99. The first-order chi connectivity index (χ1) is 12.4. The summed E-state index contributed by atoms with van der Waals surface area (Å²) in [7, 11) is 0. The van der Waals surface area contributed by atoms with Crippen molar-refractivity contribution in [2.45, 2.75) is 19.8 Å². The van der Waals surface area contributed by atoms with Crippen molar-refractivity contribution in [2.75, 3.05) is 23.3 Å². The van der Waals surface area contributed by atoms with Crippen molar-refractivity contribution in [3.8, 4) is 0 Å². The standard InChI is InChI=1S/C19H20ClN3O3/c1-13-4-3-9-22(12-13)17-8-7-14(10-18(17)23(25)26)19(24)21-16-6-2-5-15(20)11-16/h2,5-8,10-11,13H,3-4,9,12H2,1H3,(H,21,24). The normalized spacial score (nSPS) is 17.0. The molecule has 7 heteroatoms. The van der Waals surface area contributed by atoms with Crippen molar-refractivity contribution in [3.05, 3.63) is 63.2 Å². The summed E-state index contributed by atoms with van der Waals surface area (Å²) in [6.07, 6.45) is 2.14. The summed E-state index contributed by atoms with van der Waals surface area (Å²) in [5, 5.41) is 14.8. The lowest BCUT2D eigenvalue weighted by Gasteiger charge is -2.32. The summed E-state index contributed by atoms with van der Waals surface area (Å²) >= 11 is 5.91. The van der Waals surface area contributed by atoms with Gasteiger partial charge in [0.15, 0.2) is 0 Å². The maximum absolute atomic E-state index is 12.4. The predicted molar refractivity (Wildman–Crippen MR) is 103 cm³/mol. The van der Waals surface area contributed by atoms with Crippen LogP contribution in [-0.4, -0.2) is 23.9 Å². The molecule has 0 spiro atoms. The summed E-state index contributed by atoms with van der Waals surface area (Å²) in [5.41, 5.74) is 1.31. The van der Waals surface area contributed by atoms with Gasteiger partial charge in [0.05, 0.1) is 4.92 Å². The van der Waals surface area contributed by atoms with Crippen molar-refractivity contribution in [1.82, 2.24) is 0 Å². The van der Waals surface area contributed by atoms with Crippen LogP contribution in [0.1, 0.15) is 30.1 Å². The highest BCUT2D eigenvalue weighted by Gasteiger charge is 2.25. The molecule has 1 atom stereocenters. The Hall–Kier alpha value is -2.60. The molecule has 6 nitrogen and oxygen atoms in total. The fourth-order valence-corrected chi connectivity index (χ4v) is 3.45. The Morgan fingerprint density at radius 2 is 2.12 bits per heavy atom. The van der Waals surface area contributed by atoms with Crippen LogP contribution in [0.4, 0.5) is 17.1 Å². The molecule has 0 aliphatic carbocycles. The number of hydrogen-bond acceptors (Lipinski definition) is 4. The fraction of sp³-hybridized carbons (Fsp3) is 0.316. The van der Waals surface area contributed by atoms with E-state index in [4.69, 9.17) is 11.6 Å². The molecule has 1 aliphatic rings. The third kappa shape index (κ3) is 4.14. The first kappa shape index (κ1) is 18.2. The molecule has 1 unspecified atom stereocenters. The minimum Gasteiger partial charge on any atom is -0.366 e. The molecule has 0 saturated carbocycles. The maximum atomic E-state index is 12.4. The van der Waals surface area contributed by atoms with E-state index < -0.39 is 10.8 Å². The van der Waals surface area contributed by atoms with Gasteiger partial charge in [-0.2, -0.15) is 0 Å². The lowest BCUT2D eigenvalue weighted by molar-refractivity contribution is -0.384. The van der Waals surface area contributed by atoms with E-state index in [1.807, 2.05) is 4.90 Å². The fourth-order valence-electron chi connectivity index (χ4n) is 3.26. The zero-order valence-corrected chi connectivity index (χ0v) is 15.2. The average molecular weight is 374 g/mol. The number of piperidine rings is 1. The summed E-state index contributed by atoms with van der Waals surface area (Å²) < 4.78 is 0. The molecular formula is C19H20ClN3O3. The Morgan fingerprint density at radius 3 is 2.81 bits per heavy atom. The molecular weight excluding hydrogens is 354 g/mol. The van der Waals surface area contributed by atoms with E-state index in [9.17, 15) is 14.9 Å². The summed E-state index contributed by atoms with van der Waals surface area (Å²) in [6, 6.07) is 11.4. The van der Waals surface area contributed by atoms with E-state index in [1.165, 1.54) is 6.07 Å². The maximum Gasteiger partial charge on any atom is 0.293 e. The zero-order chi connectivity index (χ0) is 18.7. The van der Waals surface area contributed by atoms with Crippen LogP contribution in [0.3, 0.4) is 0 Å². The molecule has 1 amide bonds. The monoisotopic (exact) mass is 373 g/mol. The van der Waals surface area contributed by atoms with E-state index >= 15 is 0 Å². The largest absolute Gasteiger partial charge is 0.366 e. The second-order valence-electron chi connectivity index (χ2n) is 6.62. The van der Waals surface area contributed by atoms with Crippen molar-refractivity contribution >= 4 is 34.6 Å². The second-order valence-corrected chi connectivity index (χ2v) is 7.05. The minimum atomic E-state index is -0.426. The van der Waals surface area contributed by atoms with Gasteiger partial charge in [-0.25, -0.2) is 0 Å². The Morgan fingerprint density at radius 1 is 1.31 bits per heavy atom. The lowest BCUT2D eigenvalue weighted by Crippen LogP contribution is -2.34. The number of nitro benzene ring substituents is 1. The second kappa shape index (κ2) is 7.74. The quantitative estimate of drug-likeness (QED) is 0.620. The van der Waals surface area contributed by atoms with Gasteiger partial charge in [-0.05, 0) is 49.1 Å². The number of nitro groups is 1. The van der Waals surface area contributed by atoms with Gasteiger partial charge in [0.25, 0.3) is 11.6 Å². The van der Waals surface area contributed by atoms with Crippen LogP contribution in [0.5, 0.6) is 0 Å². The third-order valence-corrected chi connectivity index (χ3v) is 4.75. The molecule has 26 heavy (non-hydrogen) atoms. The molecule has 1 heterocycles. The molecule has 136 valence electrons. The number of amides is 1. The van der Waals surface area contributed by atoms with E-state index in [0.29, 0.717) is 22.3 Å². The molecule has 0 radical (unpaired) electrons. The first-order valence-corrected chi connectivity index (χ1v) is 8.92. The molecule has 3 rings (SSSR count). The van der Waals surface area contributed by atoms with E-state index in [0.717, 1.165) is 25.9 Å². The predicted octanol–water partition coefficient (Wildman–Crippen LogP) is 4.74. The highest BCUT2D eigenvalue weighted by molar-refractivity contribution is 6.31. The Bertz CT molecular complexity index is 841. The number of nitrogens with zero attached hydrogens (tertiary/aromatic N) is 2. The molecule has 1 aliphatic heterocycles. The number of halogens is 1. The molecule has 1 fully saturated rings. The van der Waals surface area contributed by atoms with E-state index in [-0.39, 0.29) is 11.3 Å². The van der Waals surface area contributed by atoms with Crippen LogP contribution in [0.2, 0.25) is 5.02 Å². The number of carbonyl (C=O) groups excluding carboxylic acids is 1. The van der Waals surface area contributed by atoms with Crippen molar-refractivity contribution in [2.24, 2.45) is 5.92 Å². The van der Waals surface area contributed by atoms with Gasteiger partial charge in [0.1, 0.15) is 5.69 Å². The van der Waals surface area contributed by atoms with Crippen LogP contribution in [0, 0.1) is 16.0 Å². The van der Waals surface area contributed by atoms with Crippen molar-refractivity contribution < 1.29 is 9.72 Å². The number of carbonyl (C=O) groups is 1. The highest BCUT2D eigenvalue weighted by Crippen LogP contribution is 2.32. The van der Waals surface area contributed by atoms with Crippen molar-refractivity contribution in [1.29, 1.82) is 0 Å². The Balaban J connectivity index is 1.86. The van der Waals surface area contributed by atoms with Gasteiger partial charge in [-0.15, -0.1) is 0 Å². The molecule has 2 aromatic rings. The number of benzene rings is 2. The summed E-state index contributed by atoms with van der Waals surface area (Å²) in [4.78, 5) is 25.6. The number of hydrogen-bond donors (Lipinski definition) is 1. The smallest absolute Gasteiger partial charge is 0.293 e. The van der Waals surface area contributed by atoms with Crippen LogP contribution < -0.4 is 10.2 Å². The third-order valence-electron chi connectivity index (χ3n) is 4.51. The van der Waals surface area contributed by atoms with Crippen LogP contribution in [0.25, 0.3) is 0 Å². The van der Waals surface area contributed by atoms with Crippen LogP contribution in [0.15, 0.2) is 42.5 Å². The number of rotatable bonds is 4. The Labute approximate surface area is 156 Å². The summed E-state index contributed by atoms with van der Waals surface area (Å²) in [5.74, 6) is 0.0862. The van der Waals surface area contributed by atoms with E-state index in [1.54, 1.807) is 36.4 Å². The van der Waals surface area contributed by atoms with Gasteiger partial charge in [0.2, 0.25) is 0 Å². The average Bonchev–Trinajstić information content (AvgIpc) is 2.61. The van der Waals surface area contributed by atoms with Crippen LogP contribution >= 0.6 is 11.6 Å². The Kier molecular flexibility index (Phi) is 5.42. The zero-order valence-electron chi connectivity index (χ0n) is 14.4. The van der Waals surface area contributed by atoms with Gasteiger partial charge in [-0.3, -0.25) is 14.9 Å². The van der Waals surface area contributed by atoms with Crippen molar-refractivity contribution in [3.63, 3.8) is 0 Å². The topological polar surface area (TPSA) is 75.5 Å². The van der Waals surface area contributed by atoms with Gasteiger partial charge in [-0.1, -0.05) is 24.6 Å². The molecule has 2 aromatic carbocycles. The highest BCUT2D eigenvalue weighted by atomic mass is 35.5. The van der Waals surface area contributed by atoms with Gasteiger partial charge >= 0.3 is 0 Å². The van der Waals surface area contributed by atoms with Crippen LogP contribution in [-0.2, 0) is 0 Å². The minimum absolute atomic E-state index is 0.0437. The summed E-state index contributed by atoms with van der Waals surface area (Å²) in [6.45, 7) is 3.72. The molecule has 1 saturated heterocycles. The van der Waals surface area contributed by atoms with Gasteiger partial charge in [0, 0.05) is 35.4 Å². The number of nitrogens with one attached hydrogen (secondary N) is 1. The molecule has 0 aromatic heterocycles. The first-order valence-electron chi connectivity index (χ1n) is 8.54.